The van der Waals surface area contributed by atoms with Gasteiger partial charge < -0.3 is 0 Å². The first-order valence-electron chi connectivity index (χ1n) is 8.36. The predicted molar refractivity (Wildman–Crippen MR) is 93.7 cm³/mol. The van der Waals surface area contributed by atoms with Crippen molar-refractivity contribution in [2.45, 2.75) is 91.1 Å². The van der Waals surface area contributed by atoms with Crippen LogP contribution >= 0.6 is 22.2 Å². The van der Waals surface area contributed by atoms with Crippen LogP contribution in [-0.2, 0) is 0 Å². The molecule has 0 unspecified atom stereocenters. The minimum atomic E-state index is -2.03. The van der Waals surface area contributed by atoms with Gasteiger partial charge in [0.1, 0.15) is 0 Å². The summed E-state index contributed by atoms with van der Waals surface area (Å²) in [5, 5.41) is 0. The SMILES string of the molecule is CCCC[C@H](CC)C[Si](Cl)(Cl)C[C@@H](CC)CCCC. The van der Waals surface area contributed by atoms with Gasteiger partial charge in [0.05, 0.1) is 0 Å². The average Bonchev–Trinajstić information content (AvgIpc) is 2.39. The van der Waals surface area contributed by atoms with Gasteiger partial charge in [-0.15, -0.1) is 22.2 Å². The number of halogens is 2. The number of unbranched alkanes of at least 4 members (excludes halogenated alkanes) is 2. The molecule has 0 nitrogen and oxygen atoms in total. The van der Waals surface area contributed by atoms with Crippen molar-refractivity contribution in [2.75, 3.05) is 0 Å². The monoisotopic (exact) mass is 324 g/mol. The summed E-state index contributed by atoms with van der Waals surface area (Å²) in [5.74, 6) is 1.51. The quantitative estimate of drug-likeness (QED) is 0.260. The molecule has 0 aromatic carbocycles. The summed E-state index contributed by atoms with van der Waals surface area (Å²) in [6.07, 6.45) is 10.3. The summed E-state index contributed by atoms with van der Waals surface area (Å²) in [7, 11) is 0. The van der Waals surface area contributed by atoms with Crippen molar-refractivity contribution in [3.05, 3.63) is 0 Å². The van der Waals surface area contributed by atoms with Gasteiger partial charge in [0.15, 0.2) is 0 Å². The average molecular weight is 325 g/mol. The third-order valence-electron chi connectivity index (χ3n) is 4.26. The van der Waals surface area contributed by atoms with E-state index in [0.717, 1.165) is 23.9 Å². The van der Waals surface area contributed by atoms with Gasteiger partial charge in [0.2, 0.25) is 0 Å². The topological polar surface area (TPSA) is 0 Å². The zero-order valence-corrected chi connectivity index (χ0v) is 16.0. The van der Waals surface area contributed by atoms with Crippen molar-refractivity contribution >= 4 is 28.9 Å². The molecule has 0 aromatic rings. The van der Waals surface area contributed by atoms with Crippen molar-refractivity contribution in [1.29, 1.82) is 0 Å². The smallest absolute Gasteiger partial charge is 0.146 e. The summed E-state index contributed by atoms with van der Waals surface area (Å²) in [5.41, 5.74) is 0. The van der Waals surface area contributed by atoms with E-state index in [9.17, 15) is 0 Å². The van der Waals surface area contributed by atoms with Crippen LogP contribution in [0.15, 0.2) is 0 Å². The largest absolute Gasteiger partial charge is 0.251 e. The summed E-state index contributed by atoms with van der Waals surface area (Å²) < 4.78 is 0. The summed E-state index contributed by atoms with van der Waals surface area (Å²) in [6, 6.07) is 2.21. The maximum Gasteiger partial charge on any atom is 0.251 e. The van der Waals surface area contributed by atoms with E-state index in [0.29, 0.717) is 0 Å². The normalized spacial score (nSPS) is 15.5. The van der Waals surface area contributed by atoms with Crippen molar-refractivity contribution in [3.8, 4) is 0 Å². The molecule has 19 heavy (non-hydrogen) atoms. The van der Waals surface area contributed by atoms with Crippen LogP contribution in [0, 0.1) is 11.8 Å². The number of hydrogen-bond acceptors (Lipinski definition) is 0. The molecule has 0 radical (unpaired) electrons. The third kappa shape index (κ3) is 10.2. The van der Waals surface area contributed by atoms with E-state index in [1.165, 1.54) is 51.4 Å². The van der Waals surface area contributed by atoms with Crippen LogP contribution in [-0.4, -0.2) is 6.69 Å². The highest BCUT2D eigenvalue weighted by atomic mass is 35.7. The standard InChI is InChI=1S/C16H34Cl2Si/c1-5-9-11-15(7-3)13-19(17,18)14-16(8-4)12-10-6-2/h15-16H,5-14H2,1-4H3/t15-,16-/m0/s1. The molecular weight excluding hydrogens is 291 g/mol. The van der Waals surface area contributed by atoms with Gasteiger partial charge >= 0.3 is 0 Å². The molecule has 0 aromatic heterocycles. The number of hydrogen-bond donors (Lipinski definition) is 0. The fraction of sp³-hybridized carbons (Fsp3) is 1.00. The van der Waals surface area contributed by atoms with Gasteiger partial charge in [-0.1, -0.05) is 79.1 Å². The van der Waals surface area contributed by atoms with Gasteiger partial charge in [-0.2, -0.15) is 0 Å². The van der Waals surface area contributed by atoms with Crippen LogP contribution in [0.5, 0.6) is 0 Å². The molecule has 116 valence electrons. The van der Waals surface area contributed by atoms with Crippen molar-refractivity contribution in [1.82, 2.24) is 0 Å². The Hall–Kier alpha value is 0.797. The molecular formula is C16H34Cl2Si. The highest BCUT2D eigenvalue weighted by Crippen LogP contribution is 2.37. The zero-order valence-electron chi connectivity index (χ0n) is 13.5. The maximum atomic E-state index is 6.75. The lowest BCUT2D eigenvalue weighted by molar-refractivity contribution is 0.471. The van der Waals surface area contributed by atoms with Crippen molar-refractivity contribution in [3.63, 3.8) is 0 Å². The Morgan fingerprint density at radius 2 is 1.11 bits per heavy atom. The molecule has 0 saturated carbocycles. The molecule has 0 aliphatic heterocycles. The number of rotatable bonds is 12. The molecule has 0 N–H and O–H groups in total. The second-order valence-corrected chi connectivity index (χ2v) is 13.5. The lowest BCUT2D eigenvalue weighted by atomic mass is 10.0. The fourth-order valence-corrected chi connectivity index (χ4v) is 8.27. The van der Waals surface area contributed by atoms with E-state index in [1.807, 2.05) is 0 Å². The van der Waals surface area contributed by atoms with Crippen LogP contribution in [0.3, 0.4) is 0 Å². The van der Waals surface area contributed by atoms with E-state index in [2.05, 4.69) is 27.7 Å². The lowest BCUT2D eigenvalue weighted by Gasteiger charge is -2.26. The minimum absolute atomic E-state index is 0.755. The van der Waals surface area contributed by atoms with Crippen LogP contribution in [0.4, 0.5) is 0 Å². The third-order valence-corrected chi connectivity index (χ3v) is 8.46. The van der Waals surface area contributed by atoms with Crippen LogP contribution in [0.1, 0.15) is 79.1 Å². The second kappa shape index (κ2) is 11.5. The van der Waals surface area contributed by atoms with Gasteiger partial charge in [0.25, 0.3) is 6.69 Å². The van der Waals surface area contributed by atoms with E-state index in [4.69, 9.17) is 22.2 Å². The van der Waals surface area contributed by atoms with Gasteiger partial charge in [-0.25, -0.2) is 0 Å². The molecule has 0 heterocycles. The van der Waals surface area contributed by atoms with E-state index >= 15 is 0 Å². The second-order valence-electron chi connectivity index (χ2n) is 6.10. The summed E-state index contributed by atoms with van der Waals surface area (Å²) >= 11 is 13.5. The van der Waals surface area contributed by atoms with E-state index in [1.54, 1.807) is 0 Å². The molecule has 3 heteroatoms. The van der Waals surface area contributed by atoms with E-state index < -0.39 is 6.69 Å². The molecule has 0 rings (SSSR count). The minimum Gasteiger partial charge on any atom is -0.146 e. The Bertz CT molecular complexity index is 187. The maximum absolute atomic E-state index is 6.75. The fourth-order valence-electron chi connectivity index (χ4n) is 2.81. The Labute approximate surface area is 132 Å². The molecule has 0 aliphatic rings. The summed E-state index contributed by atoms with van der Waals surface area (Å²) in [4.78, 5) is 0. The lowest BCUT2D eigenvalue weighted by Crippen LogP contribution is -2.26. The predicted octanol–water partition coefficient (Wildman–Crippen LogP) is 7.34. The molecule has 2 atom stereocenters. The summed E-state index contributed by atoms with van der Waals surface area (Å²) in [6.45, 7) is 7.06. The first-order chi connectivity index (χ1) is 8.99. The molecule has 0 saturated heterocycles. The molecule has 0 fully saturated rings. The molecule has 0 aliphatic carbocycles. The molecule has 0 amide bonds. The first-order valence-corrected chi connectivity index (χ1v) is 12.8. The Morgan fingerprint density at radius 3 is 1.37 bits per heavy atom. The van der Waals surface area contributed by atoms with Crippen LogP contribution < -0.4 is 0 Å². The molecule has 0 bridgehead atoms. The van der Waals surface area contributed by atoms with Gasteiger partial charge in [-0.05, 0) is 23.9 Å². The highest BCUT2D eigenvalue weighted by Gasteiger charge is 2.33. The van der Waals surface area contributed by atoms with Crippen LogP contribution in [0.2, 0.25) is 12.1 Å². The van der Waals surface area contributed by atoms with Crippen molar-refractivity contribution < 1.29 is 0 Å². The van der Waals surface area contributed by atoms with Gasteiger partial charge in [-0.3, -0.25) is 0 Å². The van der Waals surface area contributed by atoms with Crippen molar-refractivity contribution in [2.24, 2.45) is 11.8 Å². The first kappa shape index (κ1) is 19.8. The Balaban J connectivity index is 4.24. The highest BCUT2D eigenvalue weighted by molar-refractivity contribution is 7.45. The van der Waals surface area contributed by atoms with E-state index in [-0.39, 0.29) is 0 Å². The Morgan fingerprint density at radius 1 is 0.737 bits per heavy atom. The zero-order chi connectivity index (χ0) is 14.7. The van der Waals surface area contributed by atoms with Crippen LogP contribution in [0.25, 0.3) is 0 Å². The van der Waals surface area contributed by atoms with Gasteiger partial charge in [0, 0.05) is 0 Å². The molecule has 0 spiro atoms. The Kier molecular flexibility index (Phi) is 11.9.